The highest BCUT2D eigenvalue weighted by Gasteiger charge is 2.45. The summed E-state index contributed by atoms with van der Waals surface area (Å²) in [6.07, 6.45) is 4.19. The average molecular weight is 140 g/mol. The van der Waals surface area contributed by atoms with Crippen LogP contribution in [0.1, 0.15) is 25.7 Å². The molecule has 56 valence electrons. The Morgan fingerprint density at radius 2 is 2.10 bits per heavy atom. The van der Waals surface area contributed by atoms with Crippen molar-refractivity contribution in [3.63, 3.8) is 0 Å². The van der Waals surface area contributed by atoms with Crippen LogP contribution in [-0.2, 0) is 9.53 Å². The Hall–Kier alpha value is -0.370. The van der Waals surface area contributed by atoms with Gasteiger partial charge in [-0.2, -0.15) is 0 Å². The second-order valence-corrected chi connectivity index (χ2v) is 3.40. The van der Waals surface area contributed by atoms with Crippen molar-refractivity contribution < 1.29 is 9.53 Å². The third-order valence-electron chi connectivity index (χ3n) is 2.66. The number of Topliss-reactive ketones (excluding diaryl/α,β-unsaturated/α-hetero) is 1. The fourth-order valence-electron chi connectivity index (χ4n) is 1.81. The van der Waals surface area contributed by atoms with Gasteiger partial charge < -0.3 is 4.74 Å². The summed E-state index contributed by atoms with van der Waals surface area (Å²) in [4.78, 5) is 11.3. The minimum atomic E-state index is -0.00174. The van der Waals surface area contributed by atoms with Crippen molar-refractivity contribution in [1.82, 2.24) is 0 Å². The first-order chi connectivity index (χ1) is 4.83. The van der Waals surface area contributed by atoms with E-state index in [0.717, 1.165) is 19.3 Å². The molecule has 1 saturated heterocycles. The molecule has 1 spiro atoms. The molecule has 1 aliphatic heterocycles. The number of hydrogen-bond acceptors (Lipinski definition) is 2. The van der Waals surface area contributed by atoms with Crippen LogP contribution < -0.4 is 0 Å². The number of rotatable bonds is 0. The molecule has 0 aromatic heterocycles. The third kappa shape index (κ3) is 0.717. The van der Waals surface area contributed by atoms with Gasteiger partial charge in [0.25, 0.3) is 0 Å². The molecular weight excluding hydrogens is 128 g/mol. The molecule has 2 fully saturated rings. The molecule has 2 rings (SSSR count). The molecule has 2 heteroatoms. The smallest absolute Gasteiger partial charge is 0.143 e. The molecule has 1 saturated carbocycles. The Morgan fingerprint density at radius 3 is 2.50 bits per heavy atom. The van der Waals surface area contributed by atoms with Crippen LogP contribution in [0.15, 0.2) is 0 Å². The largest absolute Gasteiger partial charge is 0.379 e. The fraction of sp³-hybridized carbons (Fsp3) is 0.875. The Bertz CT molecular complexity index is 159. The van der Waals surface area contributed by atoms with Crippen LogP contribution in [0, 0.1) is 5.41 Å². The van der Waals surface area contributed by atoms with Gasteiger partial charge in [-0.1, -0.05) is 6.42 Å². The van der Waals surface area contributed by atoms with Gasteiger partial charge in [0.1, 0.15) is 5.78 Å². The van der Waals surface area contributed by atoms with Crippen LogP contribution in [0.25, 0.3) is 0 Å². The van der Waals surface area contributed by atoms with Gasteiger partial charge in [-0.05, 0) is 12.8 Å². The first kappa shape index (κ1) is 6.35. The average Bonchev–Trinajstić information content (AvgIpc) is 1.85. The van der Waals surface area contributed by atoms with Gasteiger partial charge in [0, 0.05) is 6.42 Å². The fourth-order valence-corrected chi connectivity index (χ4v) is 1.81. The van der Waals surface area contributed by atoms with Crippen molar-refractivity contribution in [2.75, 3.05) is 13.2 Å². The van der Waals surface area contributed by atoms with E-state index in [9.17, 15) is 4.79 Å². The molecule has 0 N–H and O–H groups in total. The molecule has 0 aromatic carbocycles. The zero-order chi connectivity index (χ0) is 7.03. The van der Waals surface area contributed by atoms with Crippen LogP contribution in [0.5, 0.6) is 0 Å². The minimum absolute atomic E-state index is 0.00174. The first-order valence-electron chi connectivity index (χ1n) is 3.95. The summed E-state index contributed by atoms with van der Waals surface area (Å²) < 4.78 is 5.07. The molecule has 0 amide bonds. The highest BCUT2D eigenvalue weighted by molar-refractivity contribution is 5.86. The standard InChI is InChI=1S/C8H12O2/c9-7-3-1-2-4-8(7)5-10-6-8/h1-6H2. The SMILES string of the molecule is O=C1CCCCC12COC2. The topological polar surface area (TPSA) is 26.3 Å². The molecule has 2 aliphatic rings. The van der Waals surface area contributed by atoms with E-state index in [-0.39, 0.29) is 5.41 Å². The zero-order valence-corrected chi connectivity index (χ0v) is 6.06. The molecule has 0 aromatic rings. The minimum Gasteiger partial charge on any atom is -0.379 e. The van der Waals surface area contributed by atoms with Crippen LogP contribution >= 0.6 is 0 Å². The van der Waals surface area contributed by atoms with Gasteiger partial charge in [-0.25, -0.2) is 0 Å². The van der Waals surface area contributed by atoms with Gasteiger partial charge in [0.15, 0.2) is 0 Å². The lowest BCUT2D eigenvalue weighted by Gasteiger charge is -2.42. The number of carbonyl (C=O) groups is 1. The Balaban J connectivity index is 2.10. The van der Waals surface area contributed by atoms with Crippen LogP contribution in [0.4, 0.5) is 0 Å². The summed E-state index contributed by atoms with van der Waals surface area (Å²) in [5.41, 5.74) is -0.00174. The lowest BCUT2D eigenvalue weighted by atomic mass is 9.72. The van der Waals surface area contributed by atoms with E-state index in [0.29, 0.717) is 19.0 Å². The van der Waals surface area contributed by atoms with Gasteiger partial charge in [-0.3, -0.25) is 4.79 Å². The van der Waals surface area contributed by atoms with Crippen molar-refractivity contribution in [1.29, 1.82) is 0 Å². The van der Waals surface area contributed by atoms with Gasteiger partial charge >= 0.3 is 0 Å². The molecule has 0 unspecified atom stereocenters. The van der Waals surface area contributed by atoms with Crippen molar-refractivity contribution in [3.05, 3.63) is 0 Å². The van der Waals surface area contributed by atoms with E-state index in [1.54, 1.807) is 0 Å². The highest BCUT2D eigenvalue weighted by atomic mass is 16.5. The molecule has 0 bridgehead atoms. The summed E-state index contributed by atoms with van der Waals surface area (Å²) in [5, 5.41) is 0. The third-order valence-corrected chi connectivity index (χ3v) is 2.66. The van der Waals surface area contributed by atoms with Crippen LogP contribution in [0.3, 0.4) is 0 Å². The lowest BCUT2D eigenvalue weighted by Crippen LogP contribution is -2.50. The van der Waals surface area contributed by atoms with Crippen molar-refractivity contribution in [3.8, 4) is 0 Å². The maximum Gasteiger partial charge on any atom is 0.143 e. The maximum atomic E-state index is 11.3. The van der Waals surface area contributed by atoms with E-state index in [1.807, 2.05) is 0 Å². The molecule has 1 aliphatic carbocycles. The first-order valence-corrected chi connectivity index (χ1v) is 3.95. The van der Waals surface area contributed by atoms with E-state index < -0.39 is 0 Å². The summed E-state index contributed by atoms with van der Waals surface area (Å²) in [7, 11) is 0. The van der Waals surface area contributed by atoms with Crippen LogP contribution in [-0.4, -0.2) is 19.0 Å². The molecular formula is C8H12O2. The Labute approximate surface area is 60.6 Å². The van der Waals surface area contributed by atoms with Crippen LogP contribution in [0.2, 0.25) is 0 Å². The van der Waals surface area contributed by atoms with Gasteiger partial charge in [0.2, 0.25) is 0 Å². The summed E-state index contributed by atoms with van der Waals surface area (Å²) in [6, 6.07) is 0. The Morgan fingerprint density at radius 1 is 1.30 bits per heavy atom. The van der Waals surface area contributed by atoms with Gasteiger partial charge in [-0.15, -0.1) is 0 Å². The van der Waals surface area contributed by atoms with E-state index in [1.165, 1.54) is 6.42 Å². The zero-order valence-electron chi connectivity index (χ0n) is 6.06. The highest BCUT2D eigenvalue weighted by Crippen LogP contribution is 2.39. The number of hydrogen-bond donors (Lipinski definition) is 0. The normalized spacial score (nSPS) is 30.2. The molecule has 0 atom stereocenters. The monoisotopic (exact) mass is 140 g/mol. The van der Waals surface area contributed by atoms with E-state index >= 15 is 0 Å². The quantitative estimate of drug-likeness (QED) is 0.504. The Kier molecular flexibility index (Phi) is 1.31. The lowest BCUT2D eigenvalue weighted by molar-refractivity contribution is -0.164. The second-order valence-electron chi connectivity index (χ2n) is 3.40. The molecule has 2 nitrogen and oxygen atoms in total. The van der Waals surface area contributed by atoms with Crippen molar-refractivity contribution >= 4 is 5.78 Å². The number of ketones is 1. The molecule has 10 heavy (non-hydrogen) atoms. The summed E-state index contributed by atoms with van der Waals surface area (Å²) >= 11 is 0. The predicted octanol–water partition coefficient (Wildman–Crippen LogP) is 1.15. The van der Waals surface area contributed by atoms with E-state index in [4.69, 9.17) is 4.74 Å². The molecule has 0 radical (unpaired) electrons. The predicted molar refractivity (Wildman–Crippen MR) is 36.7 cm³/mol. The van der Waals surface area contributed by atoms with Crippen molar-refractivity contribution in [2.45, 2.75) is 25.7 Å². The van der Waals surface area contributed by atoms with Crippen molar-refractivity contribution in [2.24, 2.45) is 5.41 Å². The van der Waals surface area contributed by atoms with E-state index in [2.05, 4.69) is 0 Å². The summed E-state index contributed by atoms with van der Waals surface area (Å²) in [6.45, 7) is 1.40. The second kappa shape index (κ2) is 2.06. The molecule has 1 heterocycles. The number of ether oxygens (including phenoxy) is 1. The number of carbonyl (C=O) groups excluding carboxylic acids is 1. The van der Waals surface area contributed by atoms with Gasteiger partial charge in [0.05, 0.1) is 18.6 Å². The maximum absolute atomic E-state index is 11.3. The summed E-state index contributed by atoms with van der Waals surface area (Å²) in [5.74, 6) is 0.449.